The van der Waals surface area contributed by atoms with Gasteiger partial charge >= 0.3 is 0 Å². The van der Waals surface area contributed by atoms with Gasteiger partial charge in [-0.25, -0.2) is 0 Å². The van der Waals surface area contributed by atoms with E-state index in [1.807, 2.05) is 30.3 Å². The number of hydrogen-bond donors (Lipinski definition) is 1. The molecule has 4 aromatic rings. The predicted octanol–water partition coefficient (Wildman–Crippen LogP) is 3.68. The van der Waals surface area contributed by atoms with Crippen molar-refractivity contribution in [1.82, 2.24) is 20.1 Å². The summed E-state index contributed by atoms with van der Waals surface area (Å²) in [6, 6.07) is 16.5. The van der Waals surface area contributed by atoms with Crippen LogP contribution in [-0.2, 0) is 17.8 Å². The summed E-state index contributed by atoms with van der Waals surface area (Å²) in [5, 5.41) is 6.79. The summed E-state index contributed by atoms with van der Waals surface area (Å²) in [7, 11) is 0. The van der Waals surface area contributed by atoms with Crippen LogP contribution in [0.5, 0.6) is 5.75 Å². The van der Waals surface area contributed by atoms with Crippen molar-refractivity contribution in [2.75, 3.05) is 5.32 Å². The Hall–Kier alpha value is -4.07. The summed E-state index contributed by atoms with van der Waals surface area (Å²) in [4.78, 5) is 24.8. The third-order valence-electron chi connectivity index (χ3n) is 4.20. The fraction of sp³-hybridized carbons (Fsp3) is 0.136. The molecule has 0 spiro atoms. The molecule has 8 heteroatoms. The van der Waals surface area contributed by atoms with Crippen LogP contribution in [0.15, 0.2) is 77.7 Å². The lowest BCUT2D eigenvalue weighted by Crippen LogP contribution is -2.12. The molecule has 30 heavy (non-hydrogen) atoms. The molecule has 4 rings (SSSR count). The van der Waals surface area contributed by atoms with Crippen molar-refractivity contribution in [2.45, 2.75) is 19.4 Å². The van der Waals surface area contributed by atoms with E-state index in [2.05, 4.69) is 25.4 Å². The molecule has 0 aliphatic carbocycles. The van der Waals surface area contributed by atoms with Gasteiger partial charge in [-0.05, 0) is 36.4 Å². The first-order valence-electron chi connectivity index (χ1n) is 9.42. The number of nitrogens with zero attached hydrogens (tertiary/aromatic N) is 4. The van der Waals surface area contributed by atoms with Crippen molar-refractivity contribution in [3.05, 3.63) is 84.8 Å². The van der Waals surface area contributed by atoms with Gasteiger partial charge in [0.1, 0.15) is 12.4 Å². The zero-order chi connectivity index (χ0) is 20.6. The quantitative estimate of drug-likeness (QED) is 0.480. The van der Waals surface area contributed by atoms with E-state index in [0.29, 0.717) is 36.2 Å². The van der Waals surface area contributed by atoms with E-state index in [1.165, 1.54) is 0 Å². The molecule has 0 bridgehead atoms. The lowest BCUT2D eigenvalue weighted by Gasteiger charge is -2.09. The molecule has 0 aliphatic rings. The van der Waals surface area contributed by atoms with E-state index in [1.54, 1.807) is 42.9 Å². The van der Waals surface area contributed by atoms with Crippen molar-refractivity contribution in [3.8, 4) is 17.1 Å². The number of aromatic nitrogens is 4. The Balaban J connectivity index is 1.28. The first kappa shape index (κ1) is 19.3. The number of ether oxygens (including phenoxy) is 1. The predicted molar refractivity (Wildman–Crippen MR) is 109 cm³/mol. The molecule has 1 N–H and O–H groups in total. The lowest BCUT2D eigenvalue weighted by molar-refractivity contribution is -0.116. The molecule has 0 saturated carbocycles. The van der Waals surface area contributed by atoms with Crippen LogP contribution in [0.25, 0.3) is 11.4 Å². The van der Waals surface area contributed by atoms with Crippen molar-refractivity contribution in [3.63, 3.8) is 0 Å². The van der Waals surface area contributed by atoms with Gasteiger partial charge in [0.25, 0.3) is 0 Å². The first-order chi connectivity index (χ1) is 14.8. The van der Waals surface area contributed by atoms with Gasteiger partial charge in [0, 0.05) is 48.7 Å². The molecular formula is C22H19N5O3. The minimum atomic E-state index is -0.152. The lowest BCUT2D eigenvalue weighted by atomic mass is 10.2. The monoisotopic (exact) mass is 401 g/mol. The topological polar surface area (TPSA) is 103 Å². The highest BCUT2D eigenvalue weighted by molar-refractivity contribution is 5.90. The van der Waals surface area contributed by atoms with Crippen molar-refractivity contribution >= 4 is 11.6 Å². The minimum Gasteiger partial charge on any atom is -0.487 e. The second-order valence-electron chi connectivity index (χ2n) is 6.43. The Kier molecular flexibility index (Phi) is 6.05. The number of benzene rings is 1. The zero-order valence-corrected chi connectivity index (χ0v) is 16.1. The smallest absolute Gasteiger partial charge is 0.227 e. The third kappa shape index (κ3) is 5.26. The van der Waals surface area contributed by atoms with E-state index in [9.17, 15) is 4.79 Å². The molecule has 0 fully saturated rings. The highest BCUT2D eigenvalue weighted by Gasteiger charge is 2.11. The summed E-state index contributed by atoms with van der Waals surface area (Å²) in [6.07, 6.45) is 5.61. The van der Waals surface area contributed by atoms with Crippen LogP contribution in [0.3, 0.4) is 0 Å². The van der Waals surface area contributed by atoms with Crippen LogP contribution in [0.2, 0.25) is 0 Å². The molecule has 1 amide bonds. The Morgan fingerprint density at radius 3 is 2.77 bits per heavy atom. The van der Waals surface area contributed by atoms with Gasteiger partial charge in [0.15, 0.2) is 0 Å². The molecular weight excluding hydrogens is 382 g/mol. The second kappa shape index (κ2) is 9.42. The van der Waals surface area contributed by atoms with Crippen LogP contribution in [0.1, 0.15) is 18.0 Å². The molecule has 0 saturated heterocycles. The van der Waals surface area contributed by atoms with E-state index in [4.69, 9.17) is 9.26 Å². The van der Waals surface area contributed by atoms with Crippen molar-refractivity contribution < 1.29 is 14.1 Å². The maximum Gasteiger partial charge on any atom is 0.227 e. The van der Waals surface area contributed by atoms with Crippen LogP contribution in [0, 0.1) is 0 Å². The molecule has 0 radical (unpaired) electrons. The molecule has 150 valence electrons. The van der Waals surface area contributed by atoms with E-state index < -0.39 is 0 Å². The first-order valence-corrected chi connectivity index (χ1v) is 9.42. The number of aryl methyl sites for hydroxylation is 1. The van der Waals surface area contributed by atoms with Crippen LogP contribution < -0.4 is 10.1 Å². The average molecular weight is 401 g/mol. The van der Waals surface area contributed by atoms with Crippen LogP contribution >= 0.6 is 0 Å². The Labute approximate surface area is 173 Å². The largest absolute Gasteiger partial charge is 0.487 e. The minimum absolute atomic E-state index is 0.152. The molecule has 8 nitrogen and oxygen atoms in total. The van der Waals surface area contributed by atoms with E-state index in [0.717, 1.165) is 11.3 Å². The summed E-state index contributed by atoms with van der Waals surface area (Å²) in [5.41, 5.74) is 2.30. The highest BCUT2D eigenvalue weighted by Crippen LogP contribution is 2.19. The standard InChI is InChI=1S/C22H19N5O3/c28-20(7-8-21-26-22(27-30-21)16-9-12-23-13-10-16)25-17-5-3-6-19(14-17)29-15-18-4-1-2-11-24-18/h1-6,9-14H,7-8,15H2,(H,25,28). The number of pyridine rings is 2. The van der Waals surface area contributed by atoms with Gasteiger partial charge in [-0.3, -0.25) is 14.8 Å². The van der Waals surface area contributed by atoms with Crippen molar-refractivity contribution in [2.24, 2.45) is 0 Å². The van der Waals surface area contributed by atoms with Gasteiger partial charge in [-0.1, -0.05) is 17.3 Å². The zero-order valence-electron chi connectivity index (χ0n) is 16.1. The summed E-state index contributed by atoms with van der Waals surface area (Å²) in [5.74, 6) is 1.38. The van der Waals surface area contributed by atoms with Gasteiger partial charge in [0.05, 0.1) is 5.69 Å². The maximum atomic E-state index is 12.3. The number of rotatable bonds is 8. The number of carbonyl (C=O) groups excluding carboxylic acids is 1. The van der Waals surface area contributed by atoms with Crippen molar-refractivity contribution in [1.29, 1.82) is 0 Å². The van der Waals surface area contributed by atoms with E-state index in [-0.39, 0.29) is 12.3 Å². The van der Waals surface area contributed by atoms with Crippen LogP contribution in [-0.4, -0.2) is 26.0 Å². The fourth-order valence-corrected chi connectivity index (χ4v) is 2.72. The van der Waals surface area contributed by atoms with Gasteiger partial charge in [0.2, 0.25) is 17.6 Å². The molecule has 0 aliphatic heterocycles. The SMILES string of the molecule is O=C(CCc1nc(-c2ccncc2)no1)Nc1cccc(OCc2ccccn2)c1. The second-order valence-corrected chi connectivity index (χ2v) is 6.43. The average Bonchev–Trinajstić information content (AvgIpc) is 3.27. The third-order valence-corrected chi connectivity index (χ3v) is 4.20. The number of amides is 1. The van der Waals surface area contributed by atoms with Gasteiger partial charge in [-0.2, -0.15) is 4.98 Å². The Morgan fingerprint density at radius 2 is 1.93 bits per heavy atom. The fourth-order valence-electron chi connectivity index (χ4n) is 2.72. The molecule has 3 heterocycles. The highest BCUT2D eigenvalue weighted by atomic mass is 16.5. The van der Waals surface area contributed by atoms with Crippen LogP contribution in [0.4, 0.5) is 5.69 Å². The summed E-state index contributed by atoms with van der Waals surface area (Å²) >= 11 is 0. The number of carbonyl (C=O) groups is 1. The molecule has 1 aromatic carbocycles. The normalized spacial score (nSPS) is 10.5. The van der Waals surface area contributed by atoms with E-state index >= 15 is 0 Å². The number of hydrogen-bond acceptors (Lipinski definition) is 7. The molecule has 0 atom stereocenters. The van der Waals surface area contributed by atoms with Gasteiger partial charge < -0.3 is 14.6 Å². The molecule has 0 unspecified atom stereocenters. The number of anilines is 1. The maximum absolute atomic E-state index is 12.3. The van der Waals surface area contributed by atoms with Gasteiger partial charge in [-0.15, -0.1) is 0 Å². The Bertz CT molecular complexity index is 1100. The summed E-state index contributed by atoms with van der Waals surface area (Å²) in [6.45, 7) is 0.356. The number of nitrogens with one attached hydrogen (secondary N) is 1. The molecule has 3 aromatic heterocycles. The Morgan fingerprint density at radius 1 is 1.03 bits per heavy atom. The summed E-state index contributed by atoms with van der Waals surface area (Å²) < 4.78 is 11.0.